The Morgan fingerprint density at radius 1 is 0.382 bits per heavy atom. The number of hydrogen-bond acceptors (Lipinski definition) is 12. The fourth-order valence-corrected chi connectivity index (χ4v) is 7.76. The van der Waals surface area contributed by atoms with Crippen molar-refractivity contribution in [3.05, 3.63) is 93.0 Å². The molecule has 68 heavy (non-hydrogen) atoms. The maximum absolute atomic E-state index is 13.3. The van der Waals surface area contributed by atoms with Gasteiger partial charge in [-0.05, 0) is 102 Å². The number of nitrogens with two attached hydrogens (primary N) is 4. The number of carbonyl (C=O) groups excluding carboxylic acids is 4. The number of anilines is 4. The van der Waals surface area contributed by atoms with E-state index in [2.05, 4.69) is 21.3 Å². The van der Waals surface area contributed by atoms with E-state index in [1.807, 2.05) is 76.2 Å². The predicted octanol–water partition coefficient (Wildman–Crippen LogP) is 6.66. The van der Waals surface area contributed by atoms with E-state index in [-0.39, 0.29) is 49.3 Å². The van der Waals surface area contributed by atoms with Gasteiger partial charge in [0.25, 0.3) is 0 Å². The maximum Gasteiger partial charge on any atom is 0.240 e. The highest BCUT2D eigenvalue weighted by atomic mass is 16.5. The van der Waals surface area contributed by atoms with Gasteiger partial charge in [0.2, 0.25) is 23.6 Å². The van der Waals surface area contributed by atoms with E-state index in [1.165, 1.54) is 0 Å². The molecule has 0 heterocycles. The molecule has 5 rings (SSSR count). The van der Waals surface area contributed by atoms with Gasteiger partial charge in [0.15, 0.2) is 0 Å². The Morgan fingerprint density at radius 3 is 0.676 bits per heavy atom. The molecule has 368 valence electrons. The summed E-state index contributed by atoms with van der Waals surface area (Å²) in [6.07, 6.45) is 3.73. The molecule has 8 bridgehead atoms. The van der Waals surface area contributed by atoms with Gasteiger partial charge >= 0.3 is 0 Å². The first-order valence-electron chi connectivity index (χ1n) is 23.9. The lowest BCUT2D eigenvalue weighted by atomic mass is 9.90. The summed E-state index contributed by atoms with van der Waals surface area (Å²) in [6, 6.07) is 11.8. The first-order valence-corrected chi connectivity index (χ1v) is 23.9. The number of hydrogen-bond donors (Lipinski definition) is 8. The highest BCUT2D eigenvalue weighted by Crippen LogP contribution is 2.43. The highest BCUT2D eigenvalue weighted by Gasteiger charge is 2.26. The largest absolute Gasteiger partial charge is 0.493 e. The van der Waals surface area contributed by atoms with Crippen LogP contribution in [0.2, 0.25) is 0 Å². The quantitative estimate of drug-likeness (QED) is 0.0408. The molecule has 16 heteroatoms. The molecule has 4 aromatic rings. The first-order chi connectivity index (χ1) is 32.5. The highest BCUT2D eigenvalue weighted by molar-refractivity contribution is 5.97. The summed E-state index contributed by atoms with van der Waals surface area (Å²) >= 11 is 0. The van der Waals surface area contributed by atoms with Crippen molar-refractivity contribution in [3.8, 4) is 23.0 Å². The molecule has 4 atom stereocenters. The molecular formula is C52H72N8O8. The van der Waals surface area contributed by atoms with Gasteiger partial charge in [-0.3, -0.25) is 19.2 Å². The van der Waals surface area contributed by atoms with Crippen LogP contribution in [0.5, 0.6) is 23.0 Å². The van der Waals surface area contributed by atoms with Gasteiger partial charge in [0.1, 0.15) is 23.0 Å². The number of ether oxygens (including phenoxy) is 4. The SMILES string of the molecule is CCCOc1c2cc(NC(=O)C(C)N)cc1Cc1cc(NC(=O)C(C)N)cc(c1OCCC)Cc1cc(NC(=O)C(C)N)cc(c1OCCC)Cc1cc(NC(=O)C(C)N)cc(c1OCCC)C2. The monoisotopic (exact) mass is 937 g/mol. The van der Waals surface area contributed by atoms with E-state index in [0.717, 1.165) is 44.5 Å². The van der Waals surface area contributed by atoms with Gasteiger partial charge in [0.05, 0.1) is 50.6 Å². The molecule has 4 unspecified atom stereocenters. The van der Waals surface area contributed by atoms with Gasteiger partial charge < -0.3 is 63.1 Å². The average molecular weight is 937 g/mol. The predicted molar refractivity (Wildman–Crippen MR) is 269 cm³/mol. The maximum atomic E-state index is 13.3. The van der Waals surface area contributed by atoms with Crippen molar-refractivity contribution in [2.24, 2.45) is 22.9 Å². The smallest absolute Gasteiger partial charge is 0.240 e. The number of benzene rings is 4. The molecule has 4 amide bonds. The summed E-state index contributed by atoms with van der Waals surface area (Å²) in [5.41, 5.74) is 32.1. The summed E-state index contributed by atoms with van der Waals surface area (Å²) < 4.78 is 26.8. The zero-order valence-corrected chi connectivity index (χ0v) is 41.0. The van der Waals surface area contributed by atoms with Crippen LogP contribution in [0.4, 0.5) is 22.7 Å². The summed E-state index contributed by atoms with van der Waals surface area (Å²) in [4.78, 5) is 53.2. The van der Waals surface area contributed by atoms with E-state index in [4.69, 9.17) is 41.9 Å². The van der Waals surface area contributed by atoms with Crippen molar-refractivity contribution in [3.63, 3.8) is 0 Å². The van der Waals surface area contributed by atoms with Gasteiger partial charge in [-0.25, -0.2) is 0 Å². The van der Waals surface area contributed by atoms with Gasteiger partial charge in [-0.15, -0.1) is 0 Å². The third-order valence-electron chi connectivity index (χ3n) is 11.0. The Hall–Kier alpha value is -6.20. The number of amides is 4. The lowest BCUT2D eigenvalue weighted by Crippen LogP contribution is -2.32. The lowest BCUT2D eigenvalue weighted by molar-refractivity contribution is -0.117. The number of carbonyl (C=O) groups is 4. The minimum atomic E-state index is -0.803. The van der Waals surface area contributed by atoms with Crippen molar-refractivity contribution in [1.82, 2.24) is 0 Å². The van der Waals surface area contributed by atoms with Crippen LogP contribution in [0, 0.1) is 0 Å². The minimum Gasteiger partial charge on any atom is -0.493 e. The summed E-state index contributed by atoms with van der Waals surface area (Å²) in [5, 5.41) is 12.1. The van der Waals surface area contributed by atoms with Crippen LogP contribution in [0.15, 0.2) is 48.5 Å². The molecule has 0 aliphatic heterocycles. The number of nitrogens with one attached hydrogen (secondary N) is 4. The molecule has 0 aromatic heterocycles. The topological polar surface area (TPSA) is 257 Å². The van der Waals surface area contributed by atoms with Crippen molar-refractivity contribution in [2.45, 2.75) is 131 Å². The van der Waals surface area contributed by atoms with Crippen LogP contribution < -0.4 is 63.1 Å². The summed E-state index contributed by atoms with van der Waals surface area (Å²) in [7, 11) is 0. The normalized spacial score (nSPS) is 13.8. The summed E-state index contributed by atoms with van der Waals surface area (Å²) in [6.45, 7) is 16.1. The molecule has 1 aliphatic carbocycles. The second-order valence-corrected chi connectivity index (χ2v) is 17.7. The van der Waals surface area contributed by atoms with Crippen molar-refractivity contribution < 1.29 is 38.1 Å². The third-order valence-corrected chi connectivity index (χ3v) is 11.0. The fourth-order valence-electron chi connectivity index (χ4n) is 7.76. The molecule has 16 nitrogen and oxygen atoms in total. The van der Waals surface area contributed by atoms with Crippen LogP contribution in [0.1, 0.15) is 126 Å². The Kier molecular flexibility index (Phi) is 19.2. The number of fused-ring (bicyclic) bond motifs is 8. The molecule has 0 saturated heterocycles. The van der Waals surface area contributed by atoms with Crippen LogP contribution in [-0.2, 0) is 44.9 Å². The van der Waals surface area contributed by atoms with Crippen LogP contribution in [0.25, 0.3) is 0 Å². The lowest BCUT2D eigenvalue weighted by Gasteiger charge is -2.25. The average Bonchev–Trinajstić information content (AvgIpc) is 3.27. The van der Waals surface area contributed by atoms with E-state index in [1.54, 1.807) is 27.7 Å². The minimum absolute atomic E-state index is 0.228. The van der Waals surface area contributed by atoms with Crippen LogP contribution in [-0.4, -0.2) is 74.2 Å². The van der Waals surface area contributed by atoms with E-state index >= 15 is 0 Å². The number of rotatable bonds is 20. The Bertz CT molecular complexity index is 2010. The standard InChI is InChI=1S/C52H72N8O8/c1-9-13-65-45-33-17-35-23-42(58-50(62)30(6)54)25-37(46(35)66-14-10-2)19-39-27-44(60-52(64)32(8)56)28-40(48(39)68-16-12-4)20-38-26-43(59-51(63)31(7)55)24-36(47(38)67-15-11-3)18-34(45)22-41(21-33)57-49(61)29(5)53/h21-32H,9-20,53-56H2,1-8H3,(H,57,61)(H,58,62)(H,59,63)(H,60,64). The van der Waals surface area contributed by atoms with E-state index < -0.39 is 24.2 Å². The molecule has 4 aromatic carbocycles. The molecule has 0 fully saturated rings. The molecular weight excluding hydrogens is 865 g/mol. The third kappa shape index (κ3) is 13.9. The molecule has 0 spiro atoms. The second kappa shape index (κ2) is 24.7. The molecule has 0 radical (unpaired) electrons. The first kappa shape index (κ1) is 52.8. The molecule has 12 N–H and O–H groups in total. The molecule has 1 aliphatic rings. The van der Waals surface area contributed by atoms with E-state index in [0.29, 0.717) is 97.9 Å². The van der Waals surface area contributed by atoms with Crippen molar-refractivity contribution >= 4 is 46.4 Å². The van der Waals surface area contributed by atoms with Gasteiger partial charge in [-0.2, -0.15) is 0 Å². The Labute approximate surface area is 400 Å². The zero-order valence-electron chi connectivity index (χ0n) is 41.0. The molecule has 0 saturated carbocycles. The van der Waals surface area contributed by atoms with Gasteiger partial charge in [-0.1, -0.05) is 27.7 Å². The van der Waals surface area contributed by atoms with Gasteiger partial charge in [0, 0.05) is 92.9 Å². The van der Waals surface area contributed by atoms with Crippen molar-refractivity contribution in [1.29, 1.82) is 0 Å². The second-order valence-electron chi connectivity index (χ2n) is 17.7. The van der Waals surface area contributed by atoms with Crippen LogP contribution in [0.3, 0.4) is 0 Å². The zero-order chi connectivity index (χ0) is 49.7. The van der Waals surface area contributed by atoms with E-state index in [9.17, 15) is 19.2 Å². The van der Waals surface area contributed by atoms with Crippen molar-refractivity contribution in [2.75, 3.05) is 47.7 Å². The fraction of sp³-hybridized carbons (Fsp3) is 0.462. The van der Waals surface area contributed by atoms with Crippen LogP contribution >= 0.6 is 0 Å². The Morgan fingerprint density at radius 2 is 0.544 bits per heavy atom. The Balaban J connectivity index is 1.99. The summed E-state index contributed by atoms with van der Waals surface area (Å²) in [5.74, 6) is 0.846.